The summed E-state index contributed by atoms with van der Waals surface area (Å²) in [6, 6.07) is 14.2. The fraction of sp³-hybridized carbons (Fsp3) is 0.364. The molecule has 0 saturated carbocycles. The van der Waals surface area contributed by atoms with Crippen molar-refractivity contribution in [3.8, 4) is 0 Å². The van der Waals surface area contributed by atoms with Gasteiger partial charge in [-0.1, -0.05) is 72.9 Å². The average molecular weight is 421 g/mol. The van der Waals surface area contributed by atoms with E-state index in [0.29, 0.717) is 16.6 Å². The molecule has 1 N–H and O–H groups in total. The molecule has 0 radical (unpaired) electrons. The highest BCUT2D eigenvalue weighted by Gasteiger charge is 2.26. The maximum absolute atomic E-state index is 13.0. The van der Waals surface area contributed by atoms with Crippen LogP contribution in [0.1, 0.15) is 37.8 Å². The van der Waals surface area contributed by atoms with E-state index in [1.54, 1.807) is 24.0 Å². The van der Waals surface area contributed by atoms with Crippen LogP contribution in [0.15, 0.2) is 48.5 Å². The van der Waals surface area contributed by atoms with Crippen molar-refractivity contribution in [2.24, 2.45) is 0 Å². The summed E-state index contributed by atoms with van der Waals surface area (Å²) in [6.45, 7) is 4.70. The first-order chi connectivity index (χ1) is 13.4. The second kappa shape index (κ2) is 11.1. The van der Waals surface area contributed by atoms with E-state index in [-0.39, 0.29) is 24.8 Å². The topological polar surface area (TPSA) is 49.4 Å². The standard InChI is InChI=1S/C22H26Cl2N2O2/c1-3-4-12-25-22(28)16(2)26(15-18-10-11-19(23)20(24)13-18)21(27)14-17-8-6-5-7-9-17/h5-11,13,16H,3-4,12,14-15H2,1-2H3,(H,25,28). The van der Waals surface area contributed by atoms with Crippen LogP contribution in [0.2, 0.25) is 10.0 Å². The lowest BCUT2D eigenvalue weighted by Gasteiger charge is -2.29. The molecule has 2 aromatic carbocycles. The molecule has 150 valence electrons. The maximum Gasteiger partial charge on any atom is 0.242 e. The molecule has 2 amide bonds. The van der Waals surface area contributed by atoms with Gasteiger partial charge < -0.3 is 10.2 Å². The van der Waals surface area contributed by atoms with Crippen molar-refractivity contribution in [3.05, 3.63) is 69.7 Å². The predicted octanol–water partition coefficient (Wildman–Crippen LogP) is 4.87. The van der Waals surface area contributed by atoms with Gasteiger partial charge in [0, 0.05) is 13.1 Å². The summed E-state index contributed by atoms with van der Waals surface area (Å²) in [5.41, 5.74) is 1.73. The van der Waals surface area contributed by atoms with Crippen molar-refractivity contribution >= 4 is 35.0 Å². The third kappa shape index (κ3) is 6.54. The Morgan fingerprint density at radius 1 is 1.04 bits per heavy atom. The number of unbranched alkanes of at least 4 members (excludes halogenated alkanes) is 1. The largest absolute Gasteiger partial charge is 0.354 e. The molecular formula is C22H26Cl2N2O2. The smallest absolute Gasteiger partial charge is 0.242 e. The monoisotopic (exact) mass is 420 g/mol. The Morgan fingerprint density at radius 2 is 1.75 bits per heavy atom. The molecule has 6 heteroatoms. The maximum atomic E-state index is 13.0. The highest BCUT2D eigenvalue weighted by molar-refractivity contribution is 6.42. The Labute approximate surface area is 176 Å². The van der Waals surface area contributed by atoms with Gasteiger partial charge in [-0.15, -0.1) is 0 Å². The Hall–Kier alpha value is -2.04. The van der Waals surface area contributed by atoms with Gasteiger partial charge in [-0.2, -0.15) is 0 Å². The molecule has 2 rings (SSSR count). The minimum Gasteiger partial charge on any atom is -0.354 e. The van der Waals surface area contributed by atoms with E-state index in [1.165, 1.54) is 0 Å². The molecule has 0 aromatic heterocycles. The Bertz CT molecular complexity index is 796. The first kappa shape index (κ1) is 22.3. The lowest BCUT2D eigenvalue weighted by atomic mass is 10.1. The van der Waals surface area contributed by atoms with Crippen molar-refractivity contribution < 1.29 is 9.59 Å². The molecule has 28 heavy (non-hydrogen) atoms. The van der Waals surface area contributed by atoms with Gasteiger partial charge in [0.05, 0.1) is 16.5 Å². The van der Waals surface area contributed by atoms with E-state index < -0.39 is 6.04 Å². The number of hydrogen-bond acceptors (Lipinski definition) is 2. The molecule has 0 bridgehead atoms. The molecule has 0 saturated heterocycles. The fourth-order valence-corrected chi connectivity index (χ4v) is 3.15. The van der Waals surface area contributed by atoms with Crippen LogP contribution in [0.3, 0.4) is 0 Å². The quantitative estimate of drug-likeness (QED) is 0.588. The second-order valence-corrected chi connectivity index (χ2v) is 7.57. The number of hydrogen-bond donors (Lipinski definition) is 1. The summed E-state index contributed by atoms with van der Waals surface area (Å²) in [7, 11) is 0. The van der Waals surface area contributed by atoms with E-state index in [0.717, 1.165) is 24.0 Å². The summed E-state index contributed by atoms with van der Waals surface area (Å²) in [5.74, 6) is -0.273. The highest BCUT2D eigenvalue weighted by Crippen LogP contribution is 2.24. The number of nitrogens with zero attached hydrogens (tertiary/aromatic N) is 1. The van der Waals surface area contributed by atoms with Crippen molar-refractivity contribution in [2.75, 3.05) is 6.54 Å². The van der Waals surface area contributed by atoms with Crippen molar-refractivity contribution in [1.29, 1.82) is 0 Å². The summed E-state index contributed by atoms with van der Waals surface area (Å²) in [4.78, 5) is 27.2. The zero-order valence-electron chi connectivity index (χ0n) is 16.3. The van der Waals surface area contributed by atoms with E-state index >= 15 is 0 Å². The summed E-state index contributed by atoms with van der Waals surface area (Å²) >= 11 is 12.1. The van der Waals surface area contributed by atoms with Crippen LogP contribution in [-0.2, 0) is 22.6 Å². The number of carbonyl (C=O) groups is 2. The van der Waals surface area contributed by atoms with E-state index in [4.69, 9.17) is 23.2 Å². The van der Waals surface area contributed by atoms with Gasteiger partial charge in [-0.05, 0) is 36.6 Å². The number of amides is 2. The van der Waals surface area contributed by atoms with Crippen molar-refractivity contribution in [1.82, 2.24) is 10.2 Å². The minimum absolute atomic E-state index is 0.115. The second-order valence-electron chi connectivity index (χ2n) is 6.75. The molecule has 2 aromatic rings. The average Bonchev–Trinajstić information content (AvgIpc) is 2.69. The summed E-state index contributed by atoms with van der Waals surface area (Å²) < 4.78 is 0. The van der Waals surface area contributed by atoms with Gasteiger partial charge in [-0.25, -0.2) is 0 Å². The van der Waals surface area contributed by atoms with Crippen LogP contribution in [0.5, 0.6) is 0 Å². The van der Waals surface area contributed by atoms with Crippen LogP contribution >= 0.6 is 23.2 Å². The molecule has 0 spiro atoms. The molecule has 1 atom stereocenters. The Balaban J connectivity index is 2.19. The molecule has 0 aliphatic rings. The SMILES string of the molecule is CCCCNC(=O)C(C)N(Cc1ccc(Cl)c(Cl)c1)C(=O)Cc1ccccc1. The van der Waals surface area contributed by atoms with Gasteiger partial charge in [0.1, 0.15) is 6.04 Å². The first-order valence-electron chi connectivity index (χ1n) is 9.47. The molecular weight excluding hydrogens is 395 g/mol. The minimum atomic E-state index is -0.595. The van der Waals surface area contributed by atoms with Crippen LogP contribution < -0.4 is 5.32 Å². The Morgan fingerprint density at radius 3 is 2.39 bits per heavy atom. The number of rotatable bonds is 9. The van der Waals surface area contributed by atoms with Crippen molar-refractivity contribution in [3.63, 3.8) is 0 Å². The molecule has 0 fully saturated rings. The fourth-order valence-electron chi connectivity index (χ4n) is 2.83. The van der Waals surface area contributed by atoms with E-state index in [9.17, 15) is 9.59 Å². The predicted molar refractivity (Wildman–Crippen MR) is 115 cm³/mol. The number of halogens is 2. The molecule has 0 aliphatic carbocycles. The summed E-state index contributed by atoms with van der Waals surface area (Å²) in [6.07, 6.45) is 2.13. The highest BCUT2D eigenvalue weighted by atomic mass is 35.5. The van der Waals surface area contributed by atoms with Gasteiger partial charge in [0.15, 0.2) is 0 Å². The van der Waals surface area contributed by atoms with Gasteiger partial charge in [-0.3, -0.25) is 9.59 Å². The third-order valence-corrected chi connectivity index (χ3v) is 5.27. The zero-order valence-corrected chi connectivity index (χ0v) is 17.8. The molecule has 0 aliphatic heterocycles. The van der Waals surface area contributed by atoms with Crippen LogP contribution in [0.25, 0.3) is 0 Å². The number of nitrogens with one attached hydrogen (secondary N) is 1. The van der Waals surface area contributed by atoms with Crippen molar-refractivity contribution in [2.45, 2.75) is 45.7 Å². The molecule has 1 unspecified atom stereocenters. The number of carbonyl (C=O) groups excluding carboxylic acids is 2. The molecule has 0 heterocycles. The lowest BCUT2D eigenvalue weighted by Crippen LogP contribution is -2.48. The van der Waals surface area contributed by atoms with Gasteiger partial charge in [0.2, 0.25) is 11.8 Å². The van der Waals surface area contributed by atoms with Gasteiger partial charge >= 0.3 is 0 Å². The Kier molecular flexibility index (Phi) is 8.81. The first-order valence-corrected chi connectivity index (χ1v) is 10.2. The number of benzene rings is 2. The van der Waals surface area contributed by atoms with E-state index in [1.807, 2.05) is 36.4 Å². The lowest BCUT2D eigenvalue weighted by molar-refractivity contribution is -0.140. The third-order valence-electron chi connectivity index (χ3n) is 4.53. The van der Waals surface area contributed by atoms with Crippen LogP contribution in [-0.4, -0.2) is 29.3 Å². The molecule has 4 nitrogen and oxygen atoms in total. The normalized spacial score (nSPS) is 11.7. The zero-order chi connectivity index (χ0) is 20.5. The summed E-state index contributed by atoms with van der Waals surface area (Å²) in [5, 5.41) is 3.79. The van der Waals surface area contributed by atoms with Gasteiger partial charge in [0.25, 0.3) is 0 Å². The van der Waals surface area contributed by atoms with E-state index in [2.05, 4.69) is 12.2 Å². The van der Waals surface area contributed by atoms with Crippen LogP contribution in [0, 0.1) is 0 Å². The van der Waals surface area contributed by atoms with Crippen LogP contribution in [0.4, 0.5) is 0 Å².